The molecule has 0 N–H and O–H groups in total. The molecule has 1 aliphatic rings. The van der Waals surface area contributed by atoms with Crippen LogP contribution in [0.5, 0.6) is 5.75 Å². The van der Waals surface area contributed by atoms with E-state index in [1.54, 1.807) is 4.90 Å². The van der Waals surface area contributed by atoms with Crippen molar-refractivity contribution in [2.24, 2.45) is 0 Å². The molecule has 0 atom stereocenters. The molecular weight excluding hydrogens is 302 g/mol. The molecule has 1 fully saturated rings. The molecule has 1 saturated heterocycles. The Labute approximate surface area is 146 Å². The van der Waals surface area contributed by atoms with Crippen molar-refractivity contribution in [1.82, 2.24) is 14.7 Å². The lowest BCUT2D eigenvalue weighted by Crippen LogP contribution is -2.41. The molecule has 5 nitrogen and oxygen atoms in total. The second kappa shape index (κ2) is 9.04. The van der Waals surface area contributed by atoms with Crippen LogP contribution in [-0.4, -0.2) is 80.6 Å². The molecule has 24 heavy (non-hydrogen) atoms. The minimum Gasteiger partial charge on any atom is -0.492 e. The first kappa shape index (κ1) is 18.7. The average Bonchev–Trinajstić information content (AvgIpc) is 2.71. The Morgan fingerprint density at radius 3 is 2.54 bits per heavy atom. The van der Waals surface area contributed by atoms with Crippen molar-refractivity contribution in [2.75, 3.05) is 60.0 Å². The minimum absolute atomic E-state index is 0.170. The van der Waals surface area contributed by atoms with Gasteiger partial charge in [0.2, 0.25) is 5.91 Å². The van der Waals surface area contributed by atoms with Crippen LogP contribution in [0.2, 0.25) is 0 Å². The van der Waals surface area contributed by atoms with Crippen molar-refractivity contribution in [3.8, 4) is 5.75 Å². The fourth-order valence-electron chi connectivity index (χ4n) is 3.01. The summed E-state index contributed by atoms with van der Waals surface area (Å²) in [5, 5.41) is 0. The average molecular weight is 333 g/mol. The van der Waals surface area contributed by atoms with Crippen LogP contribution in [0.15, 0.2) is 18.2 Å². The van der Waals surface area contributed by atoms with E-state index in [0.717, 1.165) is 38.3 Å². The molecule has 0 unspecified atom stereocenters. The van der Waals surface area contributed by atoms with Crippen LogP contribution in [0, 0.1) is 13.8 Å². The number of rotatable bonds is 6. The monoisotopic (exact) mass is 333 g/mol. The highest BCUT2D eigenvalue weighted by Gasteiger charge is 2.17. The maximum Gasteiger partial charge on any atom is 0.236 e. The highest BCUT2D eigenvalue weighted by molar-refractivity contribution is 5.78. The van der Waals surface area contributed by atoms with E-state index >= 15 is 0 Å². The SMILES string of the molecule is Cc1cc(C)cc(OCCN(C)C(=O)CN2CCCN(C)CC2)c1. The summed E-state index contributed by atoms with van der Waals surface area (Å²) < 4.78 is 5.80. The Bertz CT molecular complexity index is 527. The van der Waals surface area contributed by atoms with Crippen LogP contribution in [0.4, 0.5) is 0 Å². The van der Waals surface area contributed by atoms with E-state index in [2.05, 4.69) is 36.8 Å². The molecule has 1 amide bonds. The number of amides is 1. The number of likely N-dealkylation sites (N-methyl/N-ethyl adjacent to an activating group) is 2. The Kier molecular flexibility index (Phi) is 7.06. The molecule has 2 rings (SSSR count). The minimum atomic E-state index is 0.170. The molecule has 0 radical (unpaired) electrons. The first-order valence-corrected chi connectivity index (χ1v) is 8.80. The van der Waals surface area contributed by atoms with Gasteiger partial charge in [-0.3, -0.25) is 9.69 Å². The lowest BCUT2D eigenvalue weighted by molar-refractivity contribution is -0.131. The van der Waals surface area contributed by atoms with E-state index in [1.165, 1.54) is 11.1 Å². The van der Waals surface area contributed by atoms with Crippen molar-refractivity contribution in [3.63, 3.8) is 0 Å². The molecule has 1 aliphatic heterocycles. The van der Waals surface area contributed by atoms with Crippen LogP contribution in [0.3, 0.4) is 0 Å². The van der Waals surface area contributed by atoms with Gasteiger partial charge in [0.25, 0.3) is 0 Å². The maximum atomic E-state index is 12.4. The Morgan fingerprint density at radius 2 is 1.83 bits per heavy atom. The molecule has 0 aromatic heterocycles. The molecule has 1 heterocycles. The first-order valence-electron chi connectivity index (χ1n) is 8.80. The summed E-state index contributed by atoms with van der Waals surface area (Å²) in [7, 11) is 4.00. The number of aryl methyl sites for hydroxylation is 2. The smallest absolute Gasteiger partial charge is 0.236 e. The van der Waals surface area contributed by atoms with Crippen molar-refractivity contribution in [1.29, 1.82) is 0 Å². The van der Waals surface area contributed by atoms with Gasteiger partial charge in [0, 0.05) is 20.1 Å². The number of carbonyl (C=O) groups excluding carboxylic acids is 1. The normalized spacial score (nSPS) is 16.7. The number of hydrogen-bond donors (Lipinski definition) is 0. The molecule has 134 valence electrons. The Hall–Kier alpha value is -1.59. The van der Waals surface area contributed by atoms with Crippen molar-refractivity contribution >= 4 is 5.91 Å². The predicted octanol–water partition coefficient (Wildman–Crippen LogP) is 1.78. The summed E-state index contributed by atoms with van der Waals surface area (Å²) >= 11 is 0. The number of hydrogen-bond acceptors (Lipinski definition) is 4. The van der Waals surface area contributed by atoms with E-state index in [9.17, 15) is 4.79 Å². The van der Waals surface area contributed by atoms with Crippen LogP contribution in [0.1, 0.15) is 17.5 Å². The second-order valence-electron chi connectivity index (χ2n) is 6.92. The van der Waals surface area contributed by atoms with Crippen molar-refractivity contribution in [2.45, 2.75) is 20.3 Å². The summed E-state index contributed by atoms with van der Waals surface area (Å²) in [6.45, 7) is 9.89. The fourth-order valence-corrected chi connectivity index (χ4v) is 3.01. The Balaban J connectivity index is 1.73. The molecule has 1 aromatic carbocycles. The van der Waals surface area contributed by atoms with E-state index in [0.29, 0.717) is 19.7 Å². The van der Waals surface area contributed by atoms with Gasteiger partial charge in [-0.25, -0.2) is 0 Å². The number of benzene rings is 1. The standard InChI is InChI=1S/C19H31N3O2/c1-16-12-17(2)14-18(13-16)24-11-10-21(4)19(23)15-22-7-5-6-20(3)8-9-22/h12-14H,5-11,15H2,1-4H3. The third-order valence-electron chi connectivity index (χ3n) is 4.49. The second-order valence-corrected chi connectivity index (χ2v) is 6.92. The molecule has 1 aromatic rings. The number of nitrogens with zero attached hydrogens (tertiary/aromatic N) is 3. The molecule has 0 aliphatic carbocycles. The predicted molar refractivity (Wildman–Crippen MR) is 97.6 cm³/mol. The molecule has 0 saturated carbocycles. The molecule has 0 spiro atoms. The summed E-state index contributed by atoms with van der Waals surface area (Å²) in [5.74, 6) is 1.05. The van der Waals surface area contributed by atoms with Crippen LogP contribution < -0.4 is 4.74 Å². The van der Waals surface area contributed by atoms with Gasteiger partial charge in [-0.05, 0) is 63.7 Å². The van der Waals surface area contributed by atoms with E-state index < -0.39 is 0 Å². The van der Waals surface area contributed by atoms with Crippen LogP contribution in [0.25, 0.3) is 0 Å². The highest BCUT2D eigenvalue weighted by Crippen LogP contribution is 2.16. The van der Waals surface area contributed by atoms with Gasteiger partial charge >= 0.3 is 0 Å². The zero-order valence-corrected chi connectivity index (χ0v) is 15.5. The summed E-state index contributed by atoms with van der Waals surface area (Å²) in [6, 6.07) is 6.19. The highest BCUT2D eigenvalue weighted by atomic mass is 16.5. The molecule has 0 bridgehead atoms. The summed E-state index contributed by atoms with van der Waals surface area (Å²) in [4.78, 5) is 18.7. The number of carbonyl (C=O) groups is 1. The van der Waals surface area contributed by atoms with Crippen LogP contribution in [-0.2, 0) is 4.79 Å². The zero-order valence-electron chi connectivity index (χ0n) is 15.5. The quantitative estimate of drug-likeness (QED) is 0.795. The molecular formula is C19H31N3O2. The van der Waals surface area contributed by atoms with Gasteiger partial charge in [0.1, 0.15) is 12.4 Å². The van der Waals surface area contributed by atoms with E-state index in [-0.39, 0.29) is 5.91 Å². The van der Waals surface area contributed by atoms with E-state index in [1.807, 2.05) is 19.2 Å². The Morgan fingerprint density at radius 1 is 1.12 bits per heavy atom. The topological polar surface area (TPSA) is 36.0 Å². The maximum absolute atomic E-state index is 12.4. The first-order chi connectivity index (χ1) is 11.4. The van der Waals surface area contributed by atoms with E-state index in [4.69, 9.17) is 4.74 Å². The lowest BCUT2D eigenvalue weighted by Gasteiger charge is -2.24. The number of ether oxygens (including phenoxy) is 1. The van der Waals surface area contributed by atoms with Gasteiger partial charge in [-0.2, -0.15) is 0 Å². The fraction of sp³-hybridized carbons (Fsp3) is 0.632. The zero-order chi connectivity index (χ0) is 17.5. The molecule has 5 heteroatoms. The van der Waals surface area contributed by atoms with Gasteiger partial charge in [0.15, 0.2) is 0 Å². The van der Waals surface area contributed by atoms with Gasteiger partial charge in [0.05, 0.1) is 13.1 Å². The lowest BCUT2D eigenvalue weighted by atomic mass is 10.1. The largest absolute Gasteiger partial charge is 0.492 e. The summed E-state index contributed by atoms with van der Waals surface area (Å²) in [5.41, 5.74) is 2.39. The summed E-state index contributed by atoms with van der Waals surface area (Å²) in [6.07, 6.45) is 1.13. The van der Waals surface area contributed by atoms with Crippen LogP contribution >= 0.6 is 0 Å². The third kappa shape index (κ3) is 6.13. The van der Waals surface area contributed by atoms with Crippen molar-refractivity contribution < 1.29 is 9.53 Å². The van der Waals surface area contributed by atoms with Gasteiger partial charge in [-0.1, -0.05) is 6.07 Å². The van der Waals surface area contributed by atoms with Crippen molar-refractivity contribution in [3.05, 3.63) is 29.3 Å². The van der Waals surface area contributed by atoms with Gasteiger partial charge in [-0.15, -0.1) is 0 Å². The third-order valence-corrected chi connectivity index (χ3v) is 4.49. The van der Waals surface area contributed by atoms with Gasteiger partial charge < -0.3 is 14.5 Å².